The van der Waals surface area contributed by atoms with Gasteiger partial charge in [0.25, 0.3) is 0 Å². The number of ether oxygens (including phenoxy) is 1. The molecule has 7 heteroatoms. The molecule has 0 spiro atoms. The number of halogens is 1. The van der Waals surface area contributed by atoms with Gasteiger partial charge in [-0.1, -0.05) is 65.3 Å². The Hall–Kier alpha value is -3.12. The third-order valence-corrected chi connectivity index (χ3v) is 5.22. The Morgan fingerprint density at radius 3 is 2.72 bits per heavy atom. The van der Waals surface area contributed by atoms with Crippen molar-refractivity contribution < 1.29 is 18.8 Å². The zero-order valence-corrected chi connectivity index (χ0v) is 16.3. The average Bonchev–Trinajstić information content (AvgIpc) is 3.36. The van der Waals surface area contributed by atoms with Crippen LogP contribution in [0.1, 0.15) is 17.7 Å². The van der Waals surface area contributed by atoms with Gasteiger partial charge in [0.15, 0.2) is 5.76 Å². The molecule has 1 atom stereocenters. The molecule has 1 amide bonds. The highest BCUT2D eigenvalue weighted by molar-refractivity contribution is 6.31. The topological polar surface area (TPSA) is 72.6 Å². The van der Waals surface area contributed by atoms with Crippen LogP contribution in [0.3, 0.4) is 0 Å². The van der Waals surface area contributed by atoms with Gasteiger partial charge in [-0.05, 0) is 11.6 Å². The van der Waals surface area contributed by atoms with E-state index >= 15 is 0 Å². The van der Waals surface area contributed by atoms with Crippen LogP contribution in [0.4, 0.5) is 0 Å². The third-order valence-electron chi connectivity index (χ3n) is 4.85. The van der Waals surface area contributed by atoms with E-state index in [1.54, 1.807) is 17.0 Å². The summed E-state index contributed by atoms with van der Waals surface area (Å²) in [5, 5.41) is 4.55. The second kappa shape index (κ2) is 8.49. The number of rotatable bonds is 6. The Morgan fingerprint density at radius 2 is 1.93 bits per heavy atom. The smallest absolute Gasteiger partial charge is 0.311 e. The third kappa shape index (κ3) is 4.49. The minimum Gasteiger partial charge on any atom is -0.459 e. The van der Waals surface area contributed by atoms with Crippen LogP contribution in [-0.2, 0) is 27.5 Å². The number of carbonyl (C=O) groups is 2. The maximum Gasteiger partial charge on any atom is 0.311 e. The Balaban J connectivity index is 1.32. The lowest BCUT2D eigenvalue weighted by Gasteiger charge is -2.17. The predicted octanol–water partition coefficient (Wildman–Crippen LogP) is 4.09. The molecule has 1 aliphatic heterocycles. The lowest BCUT2D eigenvalue weighted by atomic mass is 10.1. The number of hydrogen-bond donors (Lipinski definition) is 0. The molecule has 0 aliphatic carbocycles. The maximum atomic E-state index is 12.4. The molecule has 29 heavy (non-hydrogen) atoms. The van der Waals surface area contributed by atoms with Gasteiger partial charge < -0.3 is 14.2 Å². The lowest BCUT2D eigenvalue weighted by Crippen LogP contribution is -2.26. The summed E-state index contributed by atoms with van der Waals surface area (Å²) < 4.78 is 10.7. The molecule has 0 saturated carbocycles. The van der Waals surface area contributed by atoms with Crippen molar-refractivity contribution in [2.75, 3.05) is 6.54 Å². The van der Waals surface area contributed by atoms with Crippen molar-refractivity contribution in [2.45, 2.75) is 19.6 Å². The summed E-state index contributed by atoms with van der Waals surface area (Å²) in [6.07, 6.45) is 0.136. The van der Waals surface area contributed by atoms with Gasteiger partial charge in [-0.25, -0.2) is 0 Å². The second-order valence-corrected chi connectivity index (χ2v) is 7.33. The molecule has 148 valence electrons. The SMILES string of the molecule is O=C(OCc1cc(-c2ccccc2)on1)[C@H]1CC(=O)N(Cc2ccccc2Cl)C1. The second-order valence-electron chi connectivity index (χ2n) is 6.92. The Bertz CT molecular complexity index is 1020. The Kier molecular flexibility index (Phi) is 5.62. The molecule has 0 N–H and O–H groups in total. The van der Waals surface area contributed by atoms with Gasteiger partial charge in [0.05, 0.1) is 5.92 Å². The van der Waals surface area contributed by atoms with Crippen LogP contribution in [0.25, 0.3) is 11.3 Å². The minimum absolute atomic E-state index is 0.00434. The molecule has 1 saturated heterocycles. The summed E-state index contributed by atoms with van der Waals surface area (Å²) in [5.41, 5.74) is 2.27. The summed E-state index contributed by atoms with van der Waals surface area (Å²) in [6, 6.07) is 18.7. The van der Waals surface area contributed by atoms with Gasteiger partial charge in [0.2, 0.25) is 5.91 Å². The molecule has 1 aromatic heterocycles. The zero-order chi connectivity index (χ0) is 20.2. The summed E-state index contributed by atoms with van der Waals surface area (Å²) in [4.78, 5) is 26.3. The van der Waals surface area contributed by atoms with Gasteiger partial charge in [-0.15, -0.1) is 0 Å². The first-order chi connectivity index (χ1) is 14.1. The first-order valence-corrected chi connectivity index (χ1v) is 9.67. The Morgan fingerprint density at radius 1 is 1.17 bits per heavy atom. The molecule has 6 nitrogen and oxygen atoms in total. The van der Waals surface area contributed by atoms with E-state index in [9.17, 15) is 9.59 Å². The van der Waals surface area contributed by atoms with E-state index in [1.807, 2.05) is 48.5 Å². The Labute approximate surface area is 173 Å². The largest absolute Gasteiger partial charge is 0.459 e. The fraction of sp³-hybridized carbons (Fsp3) is 0.227. The maximum absolute atomic E-state index is 12.4. The van der Waals surface area contributed by atoms with Gasteiger partial charge >= 0.3 is 5.97 Å². The molecule has 4 rings (SSSR count). The monoisotopic (exact) mass is 410 g/mol. The van der Waals surface area contributed by atoms with Crippen LogP contribution in [0, 0.1) is 5.92 Å². The number of likely N-dealkylation sites (tertiary alicyclic amines) is 1. The number of aromatic nitrogens is 1. The molecule has 0 bridgehead atoms. The normalized spacial score (nSPS) is 16.2. The van der Waals surface area contributed by atoms with Crippen LogP contribution in [-0.4, -0.2) is 28.5 Å². The average molecular weight is 411 g/mol. The van der Waals surface area contributed by atoms with Crippen LogP contribution in [0.2, 0.25) is 5.02 Å². The van der Waals surface area contributed by atoms with Crippen LogP contribution >= 0.6 is 11.6 Å². The molecule has 0 unspecified atom stereocenters. The fourth-order valence-corrected chi connectivity index (χ4v) is 3.49. The molecule has 1 fully saturated rings. The number of benzene rings is 2. The van der Waals surface area contributed by atoms with E-state index in [2.05, 4.69) is 5.16 Å². The molecular weight excluding hydrogens is 392 g/mol. The summed E-state index contributed by atoms with van der Waals surface area (Å²) in [6.45, 7) is 0.702. The quantitative estimate of drug-likeness (QED) is 0.572. The standard InChI is InChI=1S/C22H19ClN2O4/c23-19-9-5-4-8-16(19)12-25-13-17(10-21(25)26)22(27)28-14-18-11-20(29-24-18)15-6-2-1-3-7-15/h1-9,11,17H,10,12-14H2/t17-/m0/s1. The summed E-state index contributed by atoms with van der Waals surface area (Å²) in [5.74, 6) is -0.381. The van der Waals surface area contributed by atoms with Crippen molar-refractivity contribution in [1.82, 2.24) is 10.1 Å². The van der Waals surface area contributed by atoms with E-state index in [0.717, 1.165) is 11.1 Å². The fourth-order valence-electron chi connectivity index (χ4n) is 3.30. The van der Waals surface area contributed by atoms with Crippen molar-refractivity contribution in [1.29, 1.82) is 0 Å². The molecule has 0 radical (unpaired) electrons. The van der Waals surface area contributed by atoms with Crippen molar-refractivity contribution in [2.24, 2.45) is 5.92 Å². The van der Waals surface area contributed by atoms with E-state index < -0.39 is 11.9 Å². The molecule has 2 aromatic carbocycles. The van der Waals surface area contributed by atoms with Gasteiger partial charge in [-0.2, -0.15) is 0 Å². The molecular formula is C22H19ClN2O4. The van der Waals surface area contributed by atoms with Crippen LogP contribution < -0.4 is 0 Å². The molecule has 3 aromatic rings. The van der Waals surface area contributed by atoms with Crippen molar-refractivity contribution >= 4 is 23.5 Å². The predicted molar refractivity (Wildman–Crippen MR) is 107 cm³/mol. The molecule has 2 heterocycles. The van der Waals surface area contributed by atoms with Crippen molar-refractivity contribution in [3.63, 3.8) is 0 Å². The highest BCUT2D eigenvalue weighted by Gasteiger charge is 2.35. The van der Waals surface area contributed by atoms with E-state index in [-0.39, 0.29) is 18.9 Å². The summed E-state index contributed by atoms with van der Waals surface area (Å²) >= 11 is 6.17. The lowest BCUT2D eigenvalue weighted by molar-refractivity contribution is -0.149. The van der Waals surface area contributed by atoms with Crippen LogP contribution in [0.15, 0.2) is 65.2 Å². The number of hydrogen-bond acceptors (Lipinski definition) is 5. The van der Waals surface area contributed by atoms with E-state index in [0.29, 0.717) is 29.6 Å². The van der Waals surface area contributed by atoms with Crippen LogP contribution in [0.5, 0.6) is 0 Å². The first kappa shape index (κ1) is 19.2. The van der Waals surface area contributed by atoms with E-state index in [4.69, 9.17) is 20.9 Å². The number of amides is 1. The number of nitrogens with zero attached hydrogens (tertiary/aromatic N) is 2. The highest BCUT2D eigenvalue weighted by atomic mass is 35.5. The number of carbonyl (C=O) groups excluding carboxylic acids is 2. The van der Waals surface area contributed by atoms with Gasteiger partial charge in [0, 0.05) is 36.2 Å². The van der Waals surface area contributed by atoms with E-state index in [1.165, 1.54) is 0 Å². The van der Waals surface area contributed by atoms with Crippen molar-refractivity contribution in [3.8, 4) is 11.3 Å². The molecule has 1 aliphatic rings. The highest BCUT2D eigenvalue weighted by Crippen LogP contribution is 2.25. The number of esters is 1. The van der Waals surface area contributed by atoms with Gasteiger partial charge in [-0.3, -0.25) is 9.59 Å². The van der Waals surface area contributed by atoms with Crippen molar-refractivity contribution in [3.05, 3.63) is 76.9 Å². The van der Waals surface area contributed by atoms with Gasteiger partial charge in [0.1, 0.15) is 12.3 Å². The summed E-state index contributed by atoms with van der Waals surface area (Å²) in [7, 11) is 0. The zero-order valence-electron chi connectivity index (χ0n) is 15.6. The minimum atomic E-state index is -0.495. The first-order valence-electron chi connectivity index (χ1n) is 9.29.